The smallest absolute Gasteiger partial charge is 0.00675 e. The van der Waals surface area contributed by atoms with E-state index in [1.807, 2.05) is 0 Å². The summed E-state index contributed by atoms with van der Waals surface area (Å²) < 4.78 is 0. The molecule has 0 nitrogen and oxygen atoms in total. The molecule has 0 spiro atoms. The van der Waals surface area contributed by atoms with Crippen LogP contribution < -0.4 is 0 Å². The molecule has 2 rings (SSSR count). The highest BCUT2D eigenvalue weighted by molar-refractivity contribution is 5.48. The molecule has 2 aliphatic rings. The van der Waals surface area contributed by atoms with Crippen LogP contribution in [0.25, 0.3) is 0 Å². The van der Waals surface area contributed by atoms with Crippen molar-refractivity contribution in [1.82, 2.24) is 0 Å². The van der Waals surface area contributed by atoms with E-state index in [0.717, 1.165) is 5.92 Å². The molecule has 0 aliphatic heterocycles. The fraction of sp³-hybridized carbons (Fsp3) is 0.733. The Morgan fingerprint density at radius 1 is 1.07 bits per heavy atom. The minimum Gasteiger partial charge on any atom is -0.0955 e. The highest BCUT2D eigenvalue weighted by Crippen LogP contribution is 2.61. The van der Waals surface area contributed by atoms with Crippen LogP contribution in [0.15, 0.2) is 23.3 Å². The SMILES string of the molecule is C=C1CCCC2=C1C(C)(C)C(C)C2(C)C. The van der Waals surface area contributed by atoms with E-state index < -0.39 is 0 Å². The summed E-state index contributed by atoms with van der Waals surface area (Å²) in [4.78, 5) is 0. The number of allylic oxidation sites excluding steroid dienone is 3. The second-order valence-electron chi connectivity index (χ2n) is 6.48. The van der Waals surface area contributed by atoms with E-state index in [-0.39, 0.29) is 0 Å². The summed E-state index contributed by atoms with van der Waals surface area (Å²) in [5.74, 6) is 0.727. The molecule has 0 N–H and O–H groups in total. The Labute approximate surface area is 94.5 Å². The van der Waals surface area contributed by atoms with E-state index >= 15 is 0 Å². The van der Waals surface area contributed by atoms with Gasteiger partial charge in [0.2, 0.25) is 0 Å². The summed E-state index contributed by atoms with van der Waals surface area (Å²) in [5, 5.41) is 0. The first-order valence-corrected chi connectivity index (χ1v) is 6.22. The van der Waals surface area contributed by atoms with Crippen LogP contribution in [0.4, 0.5) is 0 Å². The van der Waals surface area contributed by atoms with Crippen molar-refractivity contribution in [3.63, 3.8) is 0 Å². The van der Waals surface area contributed by atoms with Crippen LogP contribution in [-0.4, -0.2) is 0 Å². The van der Waals surface area contributed by atoms with Crippen molar-refractivity contribution in [3.05, 3.63) is 23.3 Å². The van der Waals surface area contributed by atoms with Crippen LogP contribution in [0.5, 0.6) is 0 Å². The van der Waals surface area contributed by atoms with Gasteiger partial charge in [-0.2, -0.15) is 0 Å². The van der Waals surface area contributed by atoms with E-state index in [9.17, 15) is 0 Å². The molecule has 0 radical (unpaired) electrons. The molecule has 0 heterocycles. The highest BCUT2D eigenvalue weighted by atomic mass is 14.5. The lowest BCUT2D eigenvalue weighted by Gasteiger charge is -2.35. The molecule has 0 heteroatoms. The van der Waals surface area contributed by atoms with Gasteiger partial charge in [0, 0.05) is 0 Å². The van der Waals surface area contributed by atoms with E-state index in [1.165, 1.54) is 24.8 Å². The first-order valence-electron chi connectivity index (χ1n) is 6.22. The van der Waals surface area contributed by atoms with Gasteiger partial charge in [0.25, 0.3) is 0 Å². The quantitative estimate of drug-likeness (QED) is 0.535. The van der Waals surface area contributed by atoms with Crippen LogP contribution in [0.3, 0.4) is 0 Å². The molecule has 84 valence electrons. The fourth-order valence-corrected chi connectivity index (χ4v) is 3.81. The zero-order chi connectivity index (χ0) is 11.4. The summed E-state index contributed by atoms with van der Waals surface area (Å²) in [5.41, 5.74) is 5.44. The first kappa shape index (κ1) is 11.0. The lowest BCUT2D eigenvalue weighted by molar-refractivity contribution is 0.190. The lowest BCUT2D eigenvalue weighted by atomic mass is 9.69. The third kappa shape index (κ3) is 1.26. The Kier molecular flexibility index (Phi) is 2.19. The van der Waals surface area contributed by atoms with Crippen LogP contribution in [0.2, 0.25) is 0 Å². The zero-order valence-electron chi connectivity index (χ0n) is 10.9. The van der Waals surface area contributed by atoms with Crippen molar-refractivity contribution >= 4 is 0 Å². The molecule has 0 fully saturated rings. The third-order valence-electron chi connectivity index (χ3n) is 5.15. The van der Waals surface area contributed by atoms with Crippen molar-refractivity contribution in [2.45, 2.75) is 53.9 Å². The van der Waals surface area contributed by atoms with Crippen molar-refractivity contribution in [3.8, 4) is 0 Å². The summed E-state index contributed by atoms with van der Waals surface area (Å²) in [6.45, 7) is 16.3. The summed E-state index contributed by atoms with van der Waals surface area (Å²) in [6.07, 6.45) is 3.82. The van der Waals surface area contributed by atoms with Crippen LogP contribution in [0, 0.1) is 16.7 Å². The summed E-state index contributed by atoms with van der Waals surface area (Å²) in [7, 11) is 0. The Morgan fingerprint density at radius 3 is 2.20 bits per heavy atom. The maximum Gasteiger partial charge on any atom is -0.00675 e. The van der Waals surface area contributed by atoms with Crippen molar-refractivity contribution < 1.29 is 0 Å². The predicted molar refractivity (Wildman–Crippen MR) is 66.7 cm³/mol. The molecule has 0 amide bonds. The minimum atomic E-state index is 0.330. The van der Waals surface area contributed by atoms with Crippen molar-refractivity contribution in [1.29, 1.82) is 0 Å². The molecule has 0 saturated carbocycles. The van der Waals surface area contributed by atoms with E-state index in [1.54, 1.807) is 11.1 Å². The van der Waals surface area contributed by atoms with E-state index in [2.05, 4.69) is 41.2 Å². The summed E-state index contributed by atoms with van der Waals surface area (Å²) in [6, 6.07) is 0. The van der Waals surface area contributed by atoms with Crippen LogP contribution >= 0.6 is 0 Å². The average molecular weight is 204 g/mol. The molecule has 2 aliphatic carbocycles. The van der Waals surface area contributed by atoms with Gasteiger partial charge in [-0.15, -0.1) is 0 Å². The lowest BCUT2D eigenvalue weighted by Crippen LogP contribution is -2.28. The van der Waals surface area contributed by atoms with Gasteiger partial charge in [-0.05, 0) is 41.6 Å². The Bertz CT molecular complexity index is 339. The van der Waals surface area contributed by atoms with Gasteiger partial charge in [-0.1, -0.05) is 52.3 Å². The molecule has 0 aromatic rings. The molecule has 0 bridgehead atoms. The Balaban J connectivity index is 2.60. The molecular formula is C15H24. The highest BCUT2D eigenvalue weighted by Gasteiger charge is 2.50. The van der Waals surface area contributed by atoms with E-state index in [4.69, 9.17) is 0 Å². The topological polar surface area (TPSA) is 0 Å². The van der Waals surface area contributed by atoms with Gasteiger partial charge in [0.05, 0.1) is 0 Å². The molecular weight excluding hydrogens is 180 g/mol. The van der Waals surface area contributed by atoms with Gasteiger partial charge in [-0.25, -0.2) is 0 Å². The van der Waals surface area contributed by atoms with Gasteiger partial charge >= 0.3 is 0 Å². The maximum absolute atomic E-state index is 4.29. The second kappa shape index (κ2) is 2.99. The minimum absolute atomic E-state index is 0.330. The molecule has 0 aromatic carbocycles. The van der Waals surface area contributed by atoms with Gasteiger partial charge in [-0.3, -0.25) is 0 Å². The van der Waals surface area contributed by atoms with E-state index in [0.29, 0.717) is 10.8 Å². The Hall–Kier alpha value is -0.520. The van der Waals surface area contributed by atoms with Gasteiger partial charge in [0.15, 0.2) is 0 Å². The summed E-state index contributed by atoms with van der Waals surface area (Å²) >= 11 is 0. The zero-order valence-corrected chi connectivity index (χ0v) is 10.9. The molecule has 0 aromatic heterocycles. The molecule has 0 saturated heterocycles. The number of hydrogen-bond donors (Lipinski definition) is 0. The van der Waals surface area contributed by atoms with Gasteiger partial charge in [0.1, 0.15) is 0 Å². The fourth-order valence-electron chi connectivity index (χ4n) is 3.81. The Morgan fingerprint density at radius 2 is 1.67 bits per heavy atom. The molecule has 15 heavy (non-hydrogen) atoms. The third-order valence-corrected chi connectivity index (χ3v) is 5.15. The second-order valence-corrected chi connectivity index (χ2v) is 6.48. The number of hydrogen-bond acceptors (Lipinski definition) is 0. The first-order chi connectivity index (χ1) is 6.79. The monoisotopic (exact) mass is 204 g/mol. The van der Waals surface area contributed by atoms with Crippen LogP contribution in [0.1, 0.15) is 53.9 Å². The van der Waals surface area contributed by atoms with Crippen molar-refractivity contribution in [2.75, 3.05) is 0 Å². The largest absolute Gasteiger partial charge is 0.0955 e. The average Bonchev–Trinajstić information content (AvgIpc) is 2.27. The van der Waals surface area contributed by atoms with Gasteiger partial charge < -0.3 is 0 Å². The number of rotatable bonds is 0. The molecule has 1 unspecified atom stereocenters. The maximum atomic E-state index is 4.29. The standard InChI is InChI=1S/C15H24/c1-10-8-7-9-12-13(10)15(5,6)11(2)14(12,3)4/h11H,1,7-9H2,2-6H3. The predicted octanol–water partition coefficient (Wildman–Crippen LogP) is 4.73. The normalized spacial score (nSPS) is 33.1. The molecule has 1 atom stereocenters. The van der Waals surface area contributed by atoms with Crippen molar-refractivity contribution in [2.24, 2.45) is 16.7 Å². The van der Waals surface area contributed by atoms with Crippen LogP contribution in [-0.2, 0) is 0 Å².